The second kappa shape index (κ2) is 5.88. The van der Waals surface area contributed by atoms with Gasteiger partial charge in [0.2, 0.25) is 5.91 Å². The van der Waals surface area contributed by atoms with Crippen LogP contribution in [0.25, 0.3) is 0 Å². The van der Waals surface area contributed by atoms with E-state index in [9.17, 15) is 9.59 Å². The second-order valence-corrected chi connectivity index (χ2v) is 6.51. The van der Waals surface area contributed by atoms with E-state index >= 15 is 0 Å². The van der Waals surface area contributed by atoms with Gasteiger partial charge >= 0.3 is 5.97 Å². The molecule has 114 valence electrons. The Morgan fingerprint density at radius 1 is 1.24 bits per heavy atom. The van der Waals surface area contributed by atoms with Crippen molar-refractivity contribution in [3.63, 3.8) is 0 Å². The number of hydrogen-bond donors (Lipinski definition) is 2. The number of rotatable bonds is 6. The van der Waals surface area contributed by atoms with Crippen molar-refractivity contribution in [1.29, 1.82) is 0 Å². The van der Waals surface area contributed by atoms with Gasteiger partial charge in [-0.05, 0) is 23.3 Å². The predicted octanol–water partition coefficient (Wildman–Crippen LogP) is 2.65. The molecule has 1 unspecified atom stereocenters. The van der Waals surface area contributed by atoms with Crippen LogP contribution in [0.1, 0.15) is 38.7 Å². The van der Waals surface area contributed by atoms with Gasteiger partial charge in [0.25, 0.3) is 0 Å². The molecule has 0 saturated heterocycles. The highest BCUT2D eigenvalue weighted by molar-refractivity contribution is 5.91. The molecule has 0 heterocycles. The fraction of sp³-hybridized carbons (Fsp3) is 0.529. The highest BCUT2D eigenvalue weighted by Gasteiger charge is 2.65. The maximum absolute atomic E-state index is 12.1. The number of carboxylic acid groups (broad SMARTS) is 1. The van der Waals surface area contributed by atoms with Crippen LogP contribution < -0.4 is 5.32 Å². The van der Waals surface area contributed by atoms with Crippen LogP contribution in [0, 0.1) is 17.3 Å². The molecule has 1 aromatic rings. The van der Waals surface area contributed by atoms with Crippen molar-refractivity contribution >= 4 is 11.9 Å². The third-order valence-corrected chi connectivity index (χ3v) is 4.62. The maximum atomic E-state index is 12.1. The molecular weight excluding hydrogens is 266 g/mol. The summed E-state index contributed by atoms with van der Waals surface area (Å²) in [6.07, 6.45) is 0.848. The summed E-state index contributed by atoms with van der Waals surface area (Å²) in [6.45, 7) is 6.38. The average molecular weight is 289 g/mol. The lowest BCUT2D eigenvalue weighted by atomic mass is 9.98. The summed E-state index contributed by atoms with van der Waals surface area (Å²) in [5.41, 5.74) is 0.822. The van der Waals surface area contributed by atoms with E-state index in [-0.39, 0.29) is 5.91 Å². The monoisotopic (exact) mass is 289 g/mol. The third-order valence-electron chi connectivity index (χ3n) is 4.62. The van der Waals surface area contributed by atoms with Crippen LogP contribution in [0.2, 0.25) is 0 Å². The Kier molecular flexibility index (Phi) is 4.35. The smallest absolute Gasteiger partial charge is 0.307 e. The van der Waals surface area contributed by atoms with Gasteiger partial charge in [-0.1, -0.05) is 51.1 Å². The van der Waals surface area contributed by atoms with Crippen LogP contribution in [-0.2, 0) is 9.59 Å². The van der Waals surface area contributed by atoms with Crippen LogP contribution in [0.5, 0.6) is 0 Å². The van der Waals surface area contributed by atoms with Crippen LogP contribution >= 0.6 is 0 Å². The Bertz CT molecular complexity index is 524. The zero-order chi connectivity index (χ0) is 15.6. The summed E-state index contributed by atoms with van der Waals surface area (Å²) in [6, 6.07) is 10.2. The number of amides is 1. The first-order valence-corrected chi connectivity index (χ1v) is 7.41. The molecule has 1 aliphatic rings. The molecule has 2 N–H and O–H groups in total. The molecule has 0 spiro atoms. The summed E-state index contributed by atoms with van der Waals surface area (Å²) >= 11 is 0. The fourth-order valence-electron chi connectivity index (χ4n) is 3.06. The molecule has 0 aliphatic heterocycles. The molecule has 0 bridgehead atoms. The quantitative estimate of drug-likeness (QED) is 0.846. The van der Waals surface area contributed by atoms with E-state index in [2.05, 4.69) is 24.4 Å². The topological polar surface area (TPSA) is 66.4 Å². The van der Waals surface area contributed by atoms with Gasteiger partial charge in [0.15, 0.2) is 0 Å². The van der Waals surface area contributed by atoms with Gasteiger partial charge in [0, 0.05) is 6.54 Å². The molecule has 4 heteroatoms. The molecular formula is C17H23NO3. The first-order valence-electron chi connectivity index (χ1n) is 7.41. The van der Waals surface area contributed by atoms with Crippen molar-refractivity contribution in [2.45, 2.75) is 33.1 Å². The molecule has 1 amide bonds. The lowest BCUT2D eigenvalue weighted by molar-refractivity contribution is -0.140. The van der Waals surface area contributed by atoms with Gasteiger partial charge in [-0.3, -0.25) is 9.59 Å². The first-order chi connectivity index (χ1) is 9.85. The van der Waals surface area contributed by atoms with Crippen molar-refractivity contribution in [2.24, 2.45) is 17.3 Å². The molecule has 21 heavy (non-hydrogen) atoms. The number of benzene rings is 1. The van der Waals surface area contributed by atoms with E-state index in [1.807, 2.05) is 32.0 Å². The summed E-state index contributed by atoms with van der Waals surface area (Å²) < 4.78 is 0. The predicted molar refractivity (Wildman–Crippen MR) is 80.9 cm³/mol. The first kappa shape index (κ1) is 15.5. The fourth-order valence-corrected chi connectivity index (χ4v) is 3.06. The lowest BCUT2D eigenvalue weighted by Crippen LogP contribution is -2.28. The number of nitrogens with one attached hydrogen (secondary N) is 1. The van der Waals surface area contributed by atoms with Crippen molar-refractivity contribution in [1.82, 2.24) is 5.32 Å². The SMILES string of the molecule is CC(CCNC(=O)[C@H]1[C@@H](C(=O)O)C1(C)C)c1ccccc1. The molecule has 0 radical (unpaired) electrons. The zero-order valence-electron chi connectivity index (χ0n) is 12.8. The molecule has 3 atom stereocenters. The Morgan fingerprint density at radius 2 is 1.86 bits per heavy atom. The van der Waals surface area contributed by atoms with Gasteiger partial charge in [-0.15, -0.1) is 0 Å². The van der Waals surface area contributed by atoms with Crippen LogP contribution in [-0.4, -0.2) is 23.5 Å². The number of carbonyl (C=O) groups excluding carboxylic acids is 1. The van der Waals surface area contributed by atoms with Gasteiger partial charge in [0.05, 0.1) is 11.8 Å². The number of hydrogen-bond acceptors (Lipinski definition) is 2. The Labute approximate surface area is 125 Å². The molecule has 2 rings (SSSR count). The number of carbonyl (C=O) groups is 2. The standard InChI is InChI=1S/C17H23NO3/c1-11(12-7-5-4-6-8-12)9-10-18-15(19)13-14(16(20)21)17(13,2)3/h4-8,11,13-14H,9-10H2,1-3H3,(H,18,19)(H,20,21)/t11?,13-,14+/m1/s1. The summed E-state index contributed by atoms with van der Waals surface area (Å²) in [5.74, 6) is -1.59. The highest BCUT2D eigenvalue weighted by atomic mass is 16.4. The van der Waals surface area contributed by atoms with Crippen molar-refractivity contribution in [3.05, 3.63) is 35.9 Å². The minimum atomic E-state index is -0.877. The van der Waals surface area contributed by atoms with Crippen LogP contribution in [0.3, 0.4) is 0 Å². The molecule has 1 aliphatic carbocycles. The molecule has 1 saturated carbocycles. The normalized spacial score (nSPS) is 24.1. The summed E-state index contributed by atoms with van der Waals surface area (Å²) in [7, 11) is 0. The van der Waals surface area contributed by atoms with E-state index in [4.69, 9.17) is 5.11 Å². The van der Waals surface area contributed by atoms with Crippen LogP contribution in [0.15, 0.2) is 30.3 Å². The Balaban J connectivity index is 1.79. The van der Waals surface area contributed by atoms with E-state index in [1.54, 1.807) is 0 Å². The lowest BCUT2D eigenvalue weighted by Gasteiger charge is -2.12. The zero-order valence-corrected chi connectivity index (χ0v) is 12.8. The summed E-state index contributed by atoms with van der Waals surface area (Å²) in [5, 5.41) is 12.0. The molecule has 1 fully saturated rings. The minimum absolute atomic E-state index is 0.132. The second-order valence-electron chi connectivity index (χ2n) is 6.51. The molecule has 4 nitrogen and oxygen atoms in total. The van der Waals surface area contributed by atoms with Gasteiger partial charge < -0.3 is 10.4 Å². The number of carboxylic acids is 1. The largest absolute Gasteiger partial charge is 0.481 e. The van der Waals surface area contributed by atoms with Crippen molar-refractivity contribution in [2.75, 3.05) is 6.54 Å². The average Bonchev–Trinajstić information content (AvgIpc) is 3.02. The van der Waals surface area contributed by atoms with E-state index in [0.29, 0.717) is 12.5 Å². The minimum Gasteiger partial charge on any atom is -0.481 e. The highest BCUT2D eigenvalue weighted by Crippen LogP contribution is 2.58. The maximum Gasteiger partial charge on any atom is 0.307 e. The summed E-state index contributed by atoms with van der Waals surface area (Å²) in [4.78, 5) is 23.2. The van der Waals surface area contributed by atoms with E-state index in [0.717, 1.165) is 6.42 Å². The van der Waals surface area contributed by atoms with Gasteiger partial charge in [-0.2, -0.15) is 0 Å². The van der Waals surface area contributed by atoms with Crippen molar-refractivity contribution < 1.29 is 14.7 Å². The van der Waals surface area contributed by atoms with Crippen molar-refractivity contribution in [3.8, 4) is 0 Å². The third kappa shape index (κ3) is 3.26. The van der Waals surface area contributed by atoms with Crippen LogP contribution in [0.4, 0.5) is 0 Å². The Hall–Kier alpha value is -1.84. The number of aliphatic carboxylic acids is 1. The van der Waals surface area contributed by atoms with E-state index < -0.39 is 23.2 Å². The van der Waals surface area contributed by atoms with E-state index in [1.165, 1.54) is 5.56 Å². The Morgan fingerprint density at radius 3 is 2.38 bits per heavy atom. The molecule has 0 aromatic heterocycles. The molecule has 1 aromatic carbocycles. The van der Waals surface area contributed by atoms with Gasteiger partial charge in [-0.25, -0.2) is 0 Å². The van der Waals surface area contributed by atoms with Gasteiger partial charge in [0.1, 0.15) is 0 Å².